The standard InChI is InChI=1S/C29H27N3O3/c33-28(20-30-25-14-16-27(17-15-25)35-21-23-10-5-2-6-11-23)32-26-13-7-12-24(18-26)29(34)31-19-22-8-3-1-4-9-22/h1-18,30H,19-21H2,(H,31,34)(H,32,33). The number of ether oxygens (including phenoxy) is 1. The molecule has 6 nitrogen and oxygen atoms in total. The summed E-state index contributed by atoms with van der Waals surface area (Å²) in [7, 11) is 0. The van der Waals surface area contributed by atoms with E-state index >= 15 is 0 Å². The summed E-state index contributed by atoms with van der Waals surface area (Å²) in [5.74, 6) is 0.347. The lowest BCUT2D eigenvalue weighted by atomic mass is 10.1. The highest BCUT2D eigenvalue weighted by molar-refractivity contribution is 5.98. The SMILES string of the molecule is O=C(CNc1ccc(OCc2ccccc2)cc1)Nc1cccc(C(=O)NCc2ccccc2)c1. The van der Waals surface area contributed by atoms with Crippen LogP contribution in [0.25, 0.3) is 0 Å². The monoisotopic (exact) mass is 465 g/mol. The fourth-order valence-electron chi connectivity index (χ4n) is 3.42. The molecule has 0 aliphatic heterocycles. The van der Waals surface area contributed by atoms with Crippen molar-refractivity contribution in [3.8, 4) is 5.75 Å². The van der Waals surface area contributed by atoms with Crippen molar-refractivity contribution in [2.45, 2.75) is 13.2 Å². The lowest BCUT2D eigenvalue weighted by Crippen LogP contribution is -2.24. The van der Waals surface area contributed by atoms with Crippen molar-refractivity contribution in [3.63, 3.8) is 0 Å². The predicted octanol–water partition coefficient (Wildman–Crippen LogP) is 5.25. The van der Waals surface area contributed by atoms with E-state index in [0.29, 0.717) is 24.4 Å². The molecule has 0 saturated carbocycles. The molecule has 0 fully saturated rings. The Morgan fingerprint density at radius 1 is 0.686 bits per heavy atom. The molecular weight excluding hydrogens is 438 g/mol. The van der Waals surface area contributed by atoms with Crippen molar-refractivity contribution in [1.82, 2.24) is 5.32 Å². The number of hydrogen-bond acceptors (Lipinski definition) is 4. The van der Waals surface area contributed by atoms with E-state index in [-0.39, 0.29) is 18.4 Å². The van der Waals surface area contributed by atoms with Gasteiger partial charge in [0.05, 0.1) is 6.54 Å². The third-order valence-corrected chi connectivity index (χ3v) is 5.26. The first-order valence-corrected chi connectivity index (χ1v) is 11.4. The Morgan fingerprint density at radius 3 is 2.09 bits per heavy atom. The lowest BCUT2D eigenvalue weighted by Gasteiger charge is -2.11. The minimum absolute atomic E-state index is 0.0919. The summed E-state index contributed by atoms with van der Waals surface area (Å²) in [6.07, 6.45) is 0. The number of amides is 2. The second kappa shape index (κ2) is 12.0. The van der Waals surface area contributed by atoms with Crippen molar-refractivity contribution >= 4 is 23.2 Å². The molecule has 0 radical (unpaired) electrons. The Hall–Kier alpha value is -4.58. The van der Waals surface area contributed by atoms with Crippen LogP contribution >= 0.6 is 0 Å². The number of rotatable bonds is 10. The zero-order valence-corrected chi connectivity index (χ0v) is 19.2. The van der Waals surface area contributed by atoms with E-state index in [2.05, 4.69) is 16.0 Å². The maximum Gasteiger partial charge on any atom is 0.251 e. The van der Waals surface area contributed by atoms with E-state index in [9.17, 15) is 9.59 Å². The summed E-state index contributed by atoms with van der Waals surface area (Å²) in [5, 5.41) is 8.81. The van der Waals surface area contributed by atoms with Crippen molar-refractivity contribution < 1.29 is 14.3 Å². The fourth-order valence-corrected chi connectivity index (χ4v) is 3.42. The molecule has 0 aliphatic rings. The molecule has 0 spiro atoms. The Morgan fingerprint density at radius 2 is 1.37 bits per heavy atom. The molecule has 4 aromatic carbocycles. The van der Waals surface area contributed by atoms with Gasteiger partial charge in [-0.2, -0.15) is 0 Å². The van der Waals surface area contributed by atoms with Gasteiger partial charge in [0.1, 0.15) is 12.4 Å². The van der Waals surface area contributed by atoms with Crippen molar-refractivity contribution in [2.24, 2.45) is 0 Å². The van der Waals surface area contributed by atoms with Gasteiger partial charge in [-0.05, 0) is 53.6 Å². The molecule has 4 rings (SSSR count). The van der Waals surface area contributed by atoms with Gasteiger partial charge < -0.3 is 20.7 Å². The van der Waals surface area contributed by atoms with Gasteiger partial charge in [0.2, 0.25) is 5.91 Å². The van der Waals surface area contributed by atoms with Gasteiger partial charge in [-0.1, -0.05) is 66.7 Å². The van der Waals surface area contributed by atoms with Crippen LogP contribution in [-0.2, 0) is 17.9 Å². The molecule has 2 amide bonds. The molecule has 4 aromatic rings. The molecular formula is C29H27N3O3. The Balaban J connectivity index is 1.23. The second-order valence-corrected chi connectivity index (χ2v) is 7.95. The van der Waals surface area contributed by atoms with Crippen LogP contribution in [0.4, 0.5) is 11.4 Å². The van der Waals surface area contributed by atoms with Crippen LogP contribution in [0.5, 0.6) is 5.75 Å². The minimum Gasteiger partial charge on any atom is -0.489 e. The number of anilines is 2. The largest absolute Gasteiger partial charge is 0.489 e. The van der Waals surface area contributed by atoms with Crippen LogP contribution in [0.3, 0.4) is 0 Å². The van der Waals surface area contributed by atoms with Crippen LogP contribution in [0.15, 0.2) is 109 Å². The lowest BCUT2D eigenvalue weighted by molar-refractivity contribution is -0.114. The molecule has 0 aliphatic carbocycles. The first-order valence-electron chi connectivity index (χ1n) is 11.4. The molecule has 176 valence electrons. The number of hydrogen-bond donors (Lipinski definition) is 3. The summed E-state index contributed by atoms with van der Waals surface area (Å²) in [5.41, 5.74) is 3.98. The van der Waals surface area contributed by atoms with E-state index in [0.717, 1.165) is 22.6 Å². The van der Waals surface area contributed by atoms with Crippen LogP contribution in [0.1, 0.15) is 21.5 Å². The highest BCUT2D eigenvalue weighted by Crippen LogP contribution is 2.17. The summed E-state index contributed by atoms with van der Waals surface area (Å²) in [6.45, 7) is 1.03. The average Bonchev–Trinajstić information content (AvgIpc) is 2.91. The second-order valence-electron chi connectivity index (χ2n) is 7.95. The molecule has 3 N–H and O–H groups in total. The third-order valence-electron chi connectivity index (χ3n) is 5.26. The molecule has 0 atom stereocenters. The normalized spacial score (nSPS) is 10.3. The van der Waals surface area contributed by atoms with Gasteiger partial charge in [-0.25, -0.2) is 0 Å². The van der Waals surface area contributed by atoms with Crippen LogP contribution < -0.4 is 20.7 Å². The molecule has 0 heterocycles. The zero-order valence-electron chi connectivity index (χ0n) is 19.2. The average molecular weight is 466 g/mol. The van der Waals surface area contributed by atoms with Gasteiger partial charge in [0, 0.05) is 23.5 Å². The third kappa shape index (κ3) is 7.47. The number of carbonyl (C=O) groups excluding carboxylic acids is 2. The molecule has 0 aromatic heterocycles. The maximum absolute atomic E-state index is 12.5. The van der Waals surface area contributed by atoms with Gasteiger partial charge in [-0.3, -0.25) is 9.59 Å². The first kappa shape index (κ1) is 23.6. The van der Waals surface area contributed by atoms with Crippen molar-refractivity contribution in [1.29, 1.82) is 0 Å². The molecule has 0 unspecified atom stereocenters. The van der Waals surface area contributed by atoms with Crippen molar-refractivity contribution in [2.75, 3.05) is 17.2 Å². The first-order chi connectivity index (χ1) is 17.2. The fraction of sp³-hybridized carbons (Fsp3) is 0.103. The topological polar surface area (TPSA) is 79.5 Å². The van der Waals surface area contributed by atoms with E-state index < -0.39 is 0 Å². The van der Waals surface area contributed by atoms with Crippen LogP contribution in [0, 0.1) is 0 Å². The highest BCUT2D eigenvalue weighted by Gasteiger charge is 2.08. The minimum atomic E-state index is -0.212. The Kier molecular flexibility index (Phi) is 8.11. The summed E-state index contributed by atoms with van der Waals surface area (Å²) in [4.78, 5) is 24.9. The quantitative estimate of drug-likeness (QED) is 0.299. The summed E-state index contributed by atoms with van der Waals surface area (Å²) in [6, 6.07) is 34.0. The summed E-state index contributed by atoms with van der Waals surface area (Å²) < 4.78 is 5.78. The van der Waals surface area contributed by atoms with E-state index in [4.69, 9.17) is 4.74 Å². The van der Waals surface area contributed by atoms with Gasteiger partial charge >= 0.3 is 0 Å². The number of nitrogens with one attached hydrogen (secondary N) is 3. The van der Waals surface area contributed by atoms with Crippen LogP contribution in [-0.4, -0.2) is 18.4 Å². The van der Waals surface area contributed by atoms with Crippen LogP contribution in [0.2, 0.25) is 0 Å². The number of carbonyl (C=O) groups is 2. The Labute approximate surface area is 205 Å². The van der Waals surface area contributed by atoms with E-state index in [1.54, 1.807) is 24.3 Å². The number of benzene rings is 4. The molecule has 35 heavy (non-hydrogen) atoms. The highest BCUT2D eigenvalue weighted by atomic mass is 16.5. The van der Waals surface area contributed by atoms with Gasteiger partial charge in [0.15, 0.2) is 0 Å². The van der Waals surface area contributed by atoms with Crippen molar-refractivity contribution in [3.05, 3.63) is 126 Å². The predicted molar refractivity (Wildman–Crippen MR) is 138 cm³/mol. The van der Waals surface area contributed by atoms with E-state index in [1.807, 2.05) is 84.9 Å². The zero-order chi connectivity index (χ0) is 24.3. The Bertz CT molecular complexity index is 1240. The van der Waals surface area contributed by atoms with Gasteiger partial charge in [0.25, 0.3) is 5.91 Å². The molecule has 6 heteroatoms. The molecule has 0 bridgehead atoms. The van der Waals surface area contributed by atoms with E-state index in [1.165, 1.54) is 0 Å². The molecule has 0 saturated heterocycles. The van der Waals surface area contributed by atoms with Gasteiger partial charge in [-0.15, -0.1) is 0 Å². The smallest absolute Gasteiger partial charge is 0.251 e. The maximum atomic E-state index is 12.5. The summed E-state index contributed by atoms with van der Waals surface area (Å²) >= 11 is 0.